The standard InChI is InChI=1S/C19H23N3O2/c1-15-4-3-5-17(12-15)14-21-18(23)13-19(24)22(2)11-8-16-6-9-20-10-7-16/h3-7,9-10,12H,8,11,13-14H2,1-2H3,(H,21,23). The highest BCUT2D eigenvalue weighted by molar-refractivity contribution is 5.96. The summed E-state index contributed by atoms with van der Waals surface area (Å²) in [6.45, 7) is 3.02. The summed E-state index contributed by atoms with van der Waals surface area (Å²) in [4.78, 5) is 29.6. The zero-order valence-corrected chi connectivity index (χ0v) is 14.2. The number of aryl methyl sites for hydroxylation is 1. The molecule has 0 bridgehead atoms. The van der Waals surface area contributed by atoms with E-state index in [0.717, 1.165) is 23.1 Å². The molecule has 2 amide bonds. The van der Waals surface area contributed by atoms with E-state index in [4.69, 9.17) is 0 Å². The highest BCUT2D eigenvalue weighted by atomic mass is 16.2. The molecule has 1 N–H and O–H groups in total. The Balaban J connectivity index is 1.73. The normalized spacial score (nSPS) is 10.2. The number of hydrogen-bond acceptors (Lipinski definition) is 3. The number of carbonyl (C=O) groups excluding carboxylic acids is 2. The van der Waals surface area contributed by atoms with Gasteiger partial charge in [-0.15, -0.1) is 0 Å². The monoisotopic (exact) mass is 325 g/mol. The second-order valence-electron chi connectivity index (χ2n) is 5.86. The van der Waals surface area contributed by atoms with Crippen LogP contribution in [0.4, 0.5) is 0 Å². The van der Waals surface area contributed by atoms with Gasteiger partial charge in [-0.05, 0) is 36.6 Å². The third-order valence-electron chi connectivity index (χ3n) is 3.79. The van der Waals surface area contributed by atoms with Gasteiger partial charge in [0.25, 0.3) is 0 Å². The van der Waals surface area contributed by atoms with E-state index in [0.29, 0.717) is 13.1 Å². The second kappa shape index (κ2) is 8.82. The predicted octanol–water partition coefficient (Wildman–Crippen LogP) is 2.10. The number of carbonyl (C=O) groups is 2. The number of aromatic nitrogens is 1. The van der Waals surface area contributed by atoms with Crippen molar-refractivity contribution in [1.29, 1.82) is 0 Å². The van der Waals surface area contributed by atoms with Gasteiger partial charge in [0.05, 0.1) is 0 Å². The molecule has 24 heavy (non-hydrogen) atoms. The van der Waals surface area contributed by atoms with Crippen LogP contribution in [0.15, 0.2) is 48.8 Å². The molecule has 0 radical (unpaired) electrons. The third-order valence-corrected chi connectivity index (χ3v) is 3.79. The van der Waals surface area contributed by atoms with E-state index in [2.05, 4.69) is 10.3 Å². The van der Waals surface area contributed by atoms with Crippen LogP contribution in [-0.4, -0.2) is 35.3 Å². The second-order valence-corrected chi connectivity index (χ2v) is 5.86. The van der Waals surface area contributed by atoms with Crippen molar-refractivity contribution in [3.63, 3.8) is 0 Å². The van der Waals surface area contributed by atoms with Crippen molar-refractivity contribution in [3.05, 3.63) is 65.5 Å². The molecular formula is C19H23N3O2. The van der Waals surface area contributed by atoms with Crippen LogP contribution in [0.2, 0.25) is 0 Å². The molecule has 5 heteroatoms. The Hall–Kier alpha value is -2.69. The lowest BCUT2D eigenvalue weighted by molar-refractivity contribution is -0.135. The Labute approximate surface area is 142 Å². The van der Waals surface area contributed by atoms with E-state index in [1.54, 1.807) is 24.3 Å². The first-order chi connectivity index (χ1) is 11.5. The van der Waals surface area contributed by atoms with E-state index in [9.17, 15) is 9.59 Å². The summed E-state index contributed by atoms with van der Waals surface area (Å²) in [6, 6.07) is 11.8. The maximum Gasteiger partial charge on any atom is 0.231 e. The minimum atomic E-state index is -0.253. The van der Waals surface area contributed by atoms with Gasteiger partial charge in [0.2, 0.25) is 11.8 Å². The molecule has 0 saturated heterocycles. The topological polar surface area (TPSA) is 62.3 Å². The molecule has 5 nitrogen and oxygen atoms in total. The average molecular weight is 325 g/mol. The van der Waals surface area contributed by atoms with Crippen LogP contribution >= 0.6 is 0 Å². The Morgan fingerprint density at radius 1 is 1.12 bits per heavy atom. The van der Waals surface area contributed by atoms with Crippen LogP contribution in [-0.2, 0) is 22.6 Å². The fourth-order valence-electron chi connectivity index (χ4n) is 2.33. The van der Waals surface area contributed by atoms with Crippen LogP contribution in [0.3, 0.4) is 0 Å². The van der Waals surface area contributed by atoms with Crippen LogP contribution in [0.1, 0.15) is 23.1 Å². The number of pyridine rings is 1. The Kier molecular flexibility index (Phi) is 6.49. The van der Waals surface area contributed by atoms with Crippen LogP contribution in [0.25, 0.3) is 0 Å². The highest BCUT2D eigenvalue weighted by Gasteiger charge is 2.13. The number of hydrogen-bond donors (Lipinski definition) is 1. The van der Waals surface area contributed by atoms with Gasteiger partial charge < -0.3 is 10.2 Å². The van der Waals surface area contributed by atoms with E-state index in [-0.39, 0.29) is 18.2 Å². The lowest BCUT2D eigenvalue weighted by atomic mass is 10.1. The lowest BCUT2D eigenvalue weighted by Gasteiger charge is -2.17. The maximum absolute atomic E-state index is 12.1. The molecule has 0 aliphatic heterocycles. The summed E-state index contributed by atoms with van der Waals surface area (Å²) in [5.41, 5.74) is 3.30. The van der Waals surface area contributed by atoms with Crippen molar-refractivity contribution in [2.45, 2.75) is 26.3 Å². The van der Waals surface area contributed by atoms with E-state index in [1.807, 2.05) is 43.3 Å². The van der Waals surface area contributed by atoms with Crippen molar-refractivity contribution >= 4 is 11.8 Å². The van der Waals surface area contributed by atoms with Crippen molar-refractivity contribution < 1.29 is 9.59 Å². The van der Waals surface area contributed by atoms with Crippen molar-refractivity contribution in [1.82, 2.24) is 15.2 Å². The smallest absolute Gasteiger partial charge is 0.231 e. The van der Waals surface area contributed by atoms with E-state index in [1.165, 1.54) is 0 Å². The molecule has 1 heterocycles. The number of amides is 2. The summed E-state index contributed by atoms with van der Waals surface area (Å²) < 4.78 is 0. The Morgan fingerprint density at radius 3 is 2.58 bits per heavy atom. The first kappa shape index (κ1) is 17.7. The first-order valence-corrected chi connectivity index (χ1v) is 7.99. The fraction of sp³-hybridized carbons (Fsp3) is 0.316. The van der Waals surface area contributed by atoms with Crippen molar-refractivity contribution in [3.8, 4) is 0 Å². The van der Waals surface area contributed by atoms with Gasteiger partial charge in [0.15, 0.2) is 0 Å². The first-order valence-electron chi connectivity index (χ1n) is 7.99. The molecule has 1 aromatic carbocycles. The predicted molar refractivity (Wildman–Crippen MR) is 93.2 cm³/mol. The Bertz CT molecular complexity index is 686. The zero-order valence-electron chi connectivity index (χ0n) is 14.2. The molecule has 0 aliphatic rings. The molecule has 0 atom stereocenters. The number of nitrogens with one attached hydrogen (secondary N) is 1. The lowest BCUT2D eigenvalue weighted by Crippen LogP contribution is -2.34. The summed E-state index contributed by atoms with van der Waals surface area (Å²) in [6.07, 6.45) is 4.08. The average Bonchev–Trinajstić information content (AvgIpc) is 2.59. The number of likely N-dealkylation sites (N-methyl/N-ethyl adjacent to an activating group) is 1. The number of rotatable bonds is 7. The molecule has 0 fully saturated rings. The molecule has 0 aliphatic carbocycles. The molecule has 0 unspecified atom stereocenters. The van der Waals surface area contributed by atoms with Crippen LogP contribution in [0.5, 0.6) is 0 Å². The summed E-state index contributed by atoms with van der Waals surface area (Å²) in [5.74, 6) is -0.428. The molecule has 2 aromatic rings. The maximum atomic E-state index is 12.1. The Morgan fingerprint density at radius 2 is 1.88 bits per heavy atom. The van der Waals surface area contributed by atoms with E-state index >= 15 is 0 Å². The molecule has 0 saturated carbocycles. The minimum absolute atomic E-state index is 0.126. The summed E-state index contributed by atoms with van der Waals surface area (Å²) in [5, 5.41) is 2.79. The summed E-state index contributed by atoms with van der Waals surface area (Å²) >= 11 is 0. The summed E-state index contributed by atoms with van der Waals surface area (Å²) in [7, 11) is 1.72. The molecular weight excluding hydrogens is 302 g/mol. The van der Waals surface area contributed by atoms with Crippen molar-refractivity contribution in [2.75, 3.05) is 13.6 Å². The van der Waals surface area contributed by atoms with Gasteiger partial charge >= 0.3 is 0 Å². The van der Waals surface area contributed by atoms with Gasteiger partial charge in [0.1, 0.15) is 6.42 Å². The number of benzene rings is 1. The fourth-order valence-corrected chi connectivity index (χ4v) is 2.33. The third kappa shape index (κ3) is 5.83. The van der Waals surface area contributed by atoms with Gasteiger partial charge in [0, 0.05) is 32.5 Å². The zero-order chi connectivity index (χ0) is 17.4. The SMILES string of the molecule is Cc1cccc(CNC(=O)CC(=O)N(C)CCc2ccncc2)c1. The van der Waals surface area contributed by atoms with Gasteiger partial charge in [-0.1, -0.05) is 29.8 Å². The largest absolute Gasteiger partial charge is 0.352 e. The van der Waals surface area contributed by atoms with Gasteiger partial charge in [-0.25, -0.2) is 0 Å². The van der Waals surface area contributed by atoms with Gasteiger partial charge in [-0.3, -0.25) is 14.6 Å². The van der Waals surface area contributed by atoms with Crippen molar-refractivity contribution in [2.24, 2.45) is 0 Å². The quantitative estimate of drug-likeness (QED) is 0.793. The number of nitrogens with zero attached hydrogens (tertiary/aromatic N) is 2. The molecule has 2 rings (SSSR count). The highest BCUT2D eigenvalue weighted by Crippen LogP contribution is 2.04. The molecule has 1 aromatic heterocycles. The van der Waals surface area contributed by atoms with Gasteiger partial charge in [-0.2, -0.15) is 0 Å². The molecule has 126 valence electrons. The van der Waals surface area contributed by atoms with Crippen LogP contribution in [0, 0.1) is 6.92 Å². The van der Waals surface area contributed by atoms with Crippen LogP contribution < -0.4 is 5.32 Å². The minimum Gasteiger partial charge on any atom is -0.352 e. The van der Waals surface area contributed by atoms with E-state index < -0.39 is 0 Å². The molecule has 0 spiro atoms.